The second-order valence-corrected chi connectivity index (χ2v) is 3.95. The summed E-state index contributed by atoms with van der Waals surface area (Å²) in [7, 11) is 1.50. The smallest absolute Gasteiger partial charge is 0.161 e. The number of rotatable bonds is 5. The van der Waals surface area contributed by atoms with Crippen LogP contribution in [0.2, 0.25) is 0 Å². The number of hydrogen-bond donors (Lipinski definition) is 0. The van der Waals surface area contributed by atoms with Crippen LogP contribution in [0.5, 0.6) is 11.5 Å². The summed E-state index contributed by atoms with van der Waals surface area (Å²) in [6, 6.07) is 11.1. The first-order chi connectivity index (χ1) is 9.22. The van der Waals surface area contributed by atoms with Crippen molar-refractivity contribution < 1.29 is 18.7 Å². The highest BCUT2D eigenvalue weighted by Crippen LogP contribution is 2.28. The van der Waals surface area contributed by atoms with Gasteiger partial charge in [0, 0.05) is 5.56 Å². The number of methoxy groups -OCH3 is 1. The molecule has 19 heavy (non-hydrogen) atoms. The summed E-state index contributed by atoms with van der Waals surface area (Å²) in [4.78, 5) is 10.7. The SMILES string of the molecule is COc1cc(C=O)ccc1OCc1cccc(F)c1. The quantitative estimate of drug-likeness (QED) is 0.774. The molecule has 0 atom stereocenters. The summed E-state index contributed by atoms with van der Waals surface area (Å²) in [6.45, 7) is 0.231. The molecule has 0 aromatic heterocycles. The molecule has 0 N–H and O–H groups in total. The fourth-order valence-corrected chi connectivity index (χ4v) is 1.66. The highest BCUT2D eigenvalue weighted by atomic mass is 19.1. The third-order valence-electron chi connectivity index (χ3n) is 2.61. The summed E-state index contributed by atoms with van der Waals surface area (Å²) in [5, 5.41) is 0. The molecule has 0 heterocycles. The van der Waals surface area contributed by atoms with E-state index >= 15 is 0 Å². The van der Waals surface area contributed by atoms with Gasteiger partial charge in [0.2, 0.25) is 0 Å². The van der Waals surface area contributed by atoms with Gasteiger partial charge in [0.25, 0.3) is 0 Å². The minimum Gasteiger partial charge on any atom is -0.493 e. The fourth-order valence-electron chi connectivity index (χ4n) is 1.66. The molecule has 3 nitrogen and oxygen atoms in total. The predicted molar refractivity (Wildman–Crippen MR) is 69.1 cm³/mol. The first-order valence-electron chi connectivity index (χ1n) is 5.73. The van der Waals surface area contributed by atoms with Gasteiger partial charge in [-0.3, -0.25) is 4.79 Å². The monoisotopic (exact) mass is 260 g/mol. The standard InChI is InChI=1S/C15H13FO3/c1-18-15-8-11(9-17)5-6-14(15)19-10-12-3-2-4-13(16)7-12/h2-9H,10H2,1H3. The zero-order valence-electron chi connectivity index (χ0n) is 10.4. The topological polar surface area (TPSA) is 35.5 Å². The van der Waals surface area contributed by atoms with Crippen LogP contribution < -0.4 is 9.47 Å². The first kappa shape index (κ1) is 13.1. The van der Waals surface area contributed by atoms with E-state index in [4.69, 9.17) is 9.47 Å². The molecule has 4 heteroatoms. The van der Waals surface area contributed by atoms with Crippen LogP contribution in [-0.4, -0.2) is 13.4 Å². The van der Waals surface area contributed by atoms with E-state index in [-0.39, 0.29) is 12.4 Å². The minimum absolute atomic E-state index is 0.231. The maximum absolute atomic E-state index is 13.0. The number of hydrogen-bond acceptors (Lipinski definition) is 3. The van der Waals surface area contributed by atoms with Gasteiger partial charge in [-0.25, -0.2) is 4.39 Å². The van der Waals surface area contributed by atoms with Crippen LogP contribution in [0, 0.1) is 5.82 Å². The van der Waals surface area contributed by atoms with E-state index in [1.807, 2.05) is 0 Å². The number of carbonyl (C=O) groups excluding carboxylic acids is 1. The molecule has 0 unspecified atom stereocenters. The second-order valence-electron chi connectivity index (χ2n) is 3.95. The molecular formula is C15H13FO3. The van der Waals surface area contributed by atoms with E-state index in [0.717, 1.165) is 11.8 Å². The van der Waals surface area contributed by atoms with Crippen LogP contribution in [-0.2, 0) is 6.61 Å². The molecule has 0 spiro atoms. The Labute approximate surface area is 110 Å². The van der Waals surface area contributed by atoms with Crippen molar-refractivity contribution in [3.8, 4) is 11.5 Å². The van der Waals surface area contributed by atoms with Crippen molar-refractivity contribution in [2.45, 2.75) is 6.61 Å². The molecule has 0 fully saturated rings. The molecule has 0 saturated carbocycles. The summed E-state index contributed by atoms with van der Waals surface area (Å²) in [6.07, 6.45) is 0.735. The molecule has 0 saturated heterocycles. The zero-order chi connectivity index (χ0) is 13.7. The van der Waals surface area contributed by atoms with Crippen molar-refractivity contribution in [2.24, 2.45) is 0 Å². The third kappa shape index (κ3) is 3.31. The van der Waals surface area contributed by atoms with Gasteiger partial charge in [0.15, 0.2) is 11.5 Å². The average Bonchev–Trinajstić information content (AvgIpc) is 2.45. The highest BCUT2D eigenvalue weighted by molar-refractivity contribution is 5.76. The minimum atomic E-state index is -0.302. The van der Waals surface area contributed by atoms with Crippen LogP contribution in [0.25, 0.3) is 0 Å². The van der Waals surface area contributed by atoms with E-state index in [2.05, 4.69) is 0 Å². The Morgan fingerprint density at radius 3 is 2.68 bits per heavy atom. The molecule has 0 aliphatic rings. The normalized spacial score (nSPS) is 10.0. The van der Waals surface area contributed by atoms with Crippen LogP contribution in [0.4, 0.5) is 4.39 Å². The Morgan fingerprint density at radius 2 is 2.00 bits per heavy atom. The van der Waals surface area contributed by atoms with E-state index < -0.39 is 0 Å². The van der Waals surface area contributed by atoms with Crippen LogP contribution in [0.1, 0.15) is 15.9 Å². The van der Waals surface area contributed by atoms with Crippen molar-refractivity contribution in [1.29, 1.82) is 0 Å². The van der Waals surface area contributed by atoms with Gasteiger partial charge >= 0.3 is 0 Å². The Kier molecular flexibility index (Phi) is 4.13. The fraction of sp³-hybridized carbons (Fsp3) is 0.133. The summed E-state index contributed by atoms with van der Waals surface area (Å²) in [5.74, 6) is 0.683. The molecule has 0 amide bonds. The Bertz CT molecular complexity index is 581. The second kappa shape index (κ2) is 6.00. The molecule has 0 bridgehead atoms. The molecule has 0 aliphatic carbocycles. The molecule has 2 aromatic carbocycles. The number of carbonyl (C=O) groups is 1. The van der Waals surface area contributed by atoms with Gasteiger partial charge in [0.05, 0.1) is 7.11 Å². The zero-order valence-corrected chi connectivity index (χ0v) is 10.4. The number of ether oxygens (including phenoxy) is 2. The van der Waals surface area contributed by atoms with Gasteiger partial charge in [0.1, 0.15) is 18.7 Å². The third-order valence-corrected chi connectivity index (χ3v) is 2.61. The van der Waals surface area contributed by atoms with E-state index in [9.17, 15) is 9.18 Å². The summed E-state index contributed by atoms with van der Waals surface area (Å²) < 4.78 is 23.7. The van der Waals surface area contributed by atoms with Gasteiger partial charge in [-0.1, -0.05) is 12.1 Å². The Hall–Kier alpha value is -2.36. The molecule has 2 aromatic rings. The summed E-state index contributed by atoms with van der Waals surface area (Å²) >= 11 is 0. The lowest BCUT2D eigenvalue weighted by molar-refractivity contribution is 0.112. The predicted octanol–water partition coefficient (Wildman–Crippen LogP) is 3.23. The Morgan fingerprint density at radius 1 is 1.16 bits per heavy atom. The maximum Gasteiger partial charge on any atom is 0.161 e. The molecule has 98 valence electrons. The lowest BCUT2D eigenvalue weighted by Crippen LogP contribution is -1.98. The van der Waals surface area contributed by atoms with Crippen molar-refractivity contribution in [3.05, 3.63) is 59.4 Å². The van der Waals surface area contributed by atoms with Gasteiger partial charge in [-0.2, -0.15) is 0 Å². The number of halogens is 1. The van der Waals surface area contributed by atoms with Gasteiger partial charge in [-0.15, -0.1) is 0 Å². The lowest BCUT2D eigenvalue weighted by Gasteiger charge is -2.11. The maximum atomic E-state index is 13.0. The number of benzene rings is 2. The molecule has 0 radical (unpaired) electrons. The van der Waals surface area contributed by atoms with Crippen molar-refractivity contribution in [3.63, 3.8) is 0 Å². The highest BCUT2D eigenvalue weighted by Gasteiger charge is 2.06. The van der Waals surface area contributed by atoms with Crippen LogP contribution in [0.15, 0.2) is 42.5 Å². The largest absolute Gasteiger partial charge is 0.493 e. The average molecular weight is 260 g/mol. The van der Waals surface area contributed by atoms with Crippen LogP contribution in [0.3, 0.4) is 0 Å². The van der Waals surface area contributed by atoms with E-state index in [1.54, 1.807) is 30.3 Å². The Balaban J connectivity index is 2.13. The van der Waals surface area contributed by atoms with E-state index in [1.165, 1.54) is 19.2 Å². The molecular weight excluding hydrogens is 247 g/mol. The van der Waals surface area contributed by atoms with Crippen molar-refractivity contribution >= 4 is 6.29 Å². The summed E-state index contributed by atoms with van der Waals surface area (Å²) in [5.41, 5.74) is 1.23. The van der Waals surface area contributed by atoms with Gasteiger partial charge < -0.3 is 9.47 Å². The van der Waals surface area contributed by atoms with Gasteiger partial charge in [-0.05, 0) is 35.9 Å². The molecule has 0 aliphatic heterocycles. The van der Waals surface area contributed by atoms with E-state index in [0.29, 0.717) is 17.1 Å². The van der Waals surface area contributed by atoms with Crippen molar-refractivity contribution in [2.75, 3.05) is 7.11 Å². The van der Waals surface area contributed by atoms with Crippen molar-refractivity contribution in [1.82, 2.24) is 0 Å². The number of aldehydes is 1. The molecule has 2 rings (SSSR count). The van der Waals surface area contributed by atoms with Crippen LogP contribution >= 0.6 is 0 Å². The lowest BCUT2D eigenvalue weighted by atomic mass is 10.2. The first-order valence-corrected chi connectivity index (χ1v) is 5.73.